The number of amides is 1. The standard InChI is InChI=1S/C15H20FN3O4/c1-15(2,3)23-14(20)18-7-6-11(9-18)17-12-8-10(16)4-5-13(12)19(21)22/h4-5,8,11,17H,6-7,9H2,1-3H3. The van der Waals surface area contributed by atoms with Gasteiger partial charge in [0.15, 0.2) is 0 Å². The van der Waals surface area contributed by atoms with Gasteiger partial charge in [0.2, 0.25) is 0 Å². The molecule has 1 unspecified atom stereocenters. The molecule has 7 nitrogen and oxygen atoms in total. The lowest BCUT2D eigenvalue weighted by molar-refractivity contribution is -0.384. The molecule has 0 radical (unpaired) electrons. The van der Waals surface area contributed by atoms with Gasteiger partial charge >= 0.3 is 6.09 Å². The first-order valence-corrected chi connectivity index (χ1v) is 7.34. The highest BCUT2D eigenvalue weighted by molar-refractivity contribution is 5.69. The first kappa shape index (κ1) is 17.0. The van der Waals surface area contributed by atoms with Crippen molar-refractivity contribution in [2.75, 3.05) is 18.4 Å². The van der Waals surface area contributed by atoms with Crippen LogP contribution in [0.25, 0.3) is 0 Å². The monoisotopic (exact) mass is 325 g/mol. The van der Waals surface area contributed by atoms with Crippen LogP contribution in [0.4, 0.5) is 20.6 Å². The number of ether oxygens (including phenoxy) is 1. The number of nitro benzene ring substituents is 1. The van der Waals surface area contributed by atoms with Gasteiger partial charge in [0.05, 0.1) is 4.92 Å². The second-order valence-electron chi connectivity index (χ2n) is 6.47. The Balaban J connectivity index is 2.02. The zero-order valence-corrected chi connectivity index (χ0v) is 13.3. The highest BCUT2D eigenvalue weighted by Crippen LogP contribution is 2.27. The van der Waals surface area contributed by atoms with Gasteiger partial charge in [0.25, 0.3) is 5.69 Å². The fourth-order valence-electron chi connectivity index (χ4n) is 2.37. The summed E-state index contributed by atoms with van der Waals surface area (Å²) < 4.78 is 18.6. The van der Waals surface area contributed by atoms with Crippen LogP contribution in [-0.4, -0.2) is 40.6 Å². The summed E-state index contributed by atoms with van der Waals surface area (Å²) in [6, 6.07) is 3.07. The van der Waals surface area contributed by atoms with Gasteiger partial charge in [-0.1, -0.05) is 0 Å². The Morgan fingerprint density at radius 1 is 1.48 bits per heavy atom. The summed E-state index contributed by atoms with van der Waals surface area (Å²) >= 11 is 0. The number of nitrogens with zero attached hydrogens (tertiary/aromatic N) is 2. The lowest BCUT2D eigenvalue weighted by Crippen LogP contribution is -2.36. The van der Waals surface area contributed by atoms with Gasteiger partial charge < -0.3 is 15.0 Å². The van der Waals surface area contributed by atoms with Gasteiger partial charge in [-0.05, 0) is 33.3 Å². The Bertz CT molecular complexity index is 615. The van der Waals surface area contributed by atoms with Crippen LogP contribution in [0.3, 0.4) is 0 Å². The number of carbonyl (C=O) groups is 1. The van der Waals surface area contributed by atoms with Gasteiger partial charge in [-0.3, -0.25) is 10.1 Å². The molecular formula is C15H20FN3O4. The zero-order valence-electron chi connectivity index (χ0n) is 13.3. The van der Waals surface area contributed by atoms with Crippen molar-refractivity contribution in [3.8, 4) is 0 Å². The molecule has 1 saturated heterocycles. The van der Waals surface area contributed by atoms with Gasteiger partial charge in [-0.15, -0.1) is 0 Å². The predicted molar refractivity (Wildman–Crippen MR) is 82.9 cm³/mol. The van der Waals surface area contributed by atoms with E-state index in [1.807, 2.05) is 0 Å². The molecule has 1 aliphatic heterocycles. The Morgan fingerprint density at radius 2 is 2.17 bits per heavy atom. The van der Waals surface area contributed by atoms with E-state index >= 15 is 0 Å². The van der Waals surface area contributed by atoms with Crippen molar-refractivity contribution in [2.45, 2.75) is 38.8 Å². The van der Waals surface area contributed by atoms with Crippen molar-refractivity contribution in [2.24, 2.45) is 0 Å². The van der Waals surface area contributed by atoms with E-state index in [-0.39, 0.29) is 17.4 Å². The smallest absolute Gasteiger partial charge is 0.410 e. The second-order valence-corrected chi connectivity index (χ2v) is 6.47. The minimum Gasteiger partial charge on any atom is -0.444 e. The number of hydrogen-bond donors (Lipinski definition) is 1. The van der Waals surface area contributed by atoms with Gasteiger partial charge in [0.1, 0.15) is 17.1 Å². The van der Waals surface area contributed by atoms with E-state index in [4.69, 9.17) is 4.74 Å². The molecule has 0 saturated carbocycles. The molecule has 1 aromatic carbocycles. The third kappa shape index (κ3) is 4.54. The number of benzene rings is 1. The largest absolute Gasteiger partial charge is 0.444 e. The molecule has 126 valence electrons. The number of halogens is 1. The number of hydrogen-bond acceptors (Lipinski definition) is 5. The van der Waals surface area contributed by atoms with Gasteiger partial charge in [0, 0.05) is 31.3 Å². The number of likely N-dealkylation sites (tertiary alicyclic amines) is 1. The summed E-state index contributed by atoms with van der Waals surface area (Å²) in [6.45, 7) is 6.19. The van der Waals surface area contributed by atoms with Crippen molar-refractivity contribution in [1.82, 2.24) is 4.90 Å². The number of anilines is 1. The minimum absolute atomic E-state index is 0.117. The Hall–Kier alpha value is -2.38. The molecule has 0 bridgehead atoms. The Labute approximate surface area is 133 Å². The third-order valence-electron chi connectivity index (χ3n) is 3.35. The van der Waals surface area contributed by atoms with Crippen LogP contribution in [0.15, 0.2) is 18.2 Å². The third-order valence-corrected chi connectivity index (χ3v) is 3.35. The van der Waals surface area contributed by atoms with Crippen molar-refractivity contribution >= 4 is 17.5 Å². The minimum atomic E-state index is -0.579. The van der Waals surface area contributed by atoms with Gasteiger partial charge in [-0.25, -0.2) is 9.18 Å². The molecule has 1 fully saturated rings. The molecule has 1 atom stereocenters. The number of nitro groups is 1. The predicted octanol–water partition coefficient (Wildman–Crippen LogP) is 3.16. The topological polar surface area (TPSA) is 84.7 Å². The highest BCUT2D eigenvalue weighted by atomic mass is 19.1. The van der Waals surface area contributed by atoms with Crippen LogP contribution in [0.2, 0.25) is 0 Å². The van der Waals surface area contributed by atoms with Crippen LogP contribution < -0.4 is 5.32 Å². The summed E-state index contributed by atoms with van der Waals surface area (Å²) in [7, 11) is 0. The molecule has 0 aliphatic carbocycles. The molecular weight excluding hydrogens is 305 g/mol. The average Bonchev–Trinajstić information content (AvgIpc) is 2.85. The van der Waals surface area contributed by atoms with E-state index in [2.05, 4.69) is 5.32 Å². The molecule has 1 heterocycles. The first-order chi connectivity index (χ1) is 10.7. The number of nitrogens with one attached hydrogen (secondary N) is 1. The molecule has 1 aromatic rings. The van der Waals surface area contributed by atoms with Crippen molar-refractivity contribution in [3.63, 3.8) is 0 Å². The van der Waals surface area contributed by atoms with E-state index in [9.17, 15) is 19.3 Å². The molecule has 2 rings (SSSR count). The molecule has 0 aromatic heterocycles. The molecule has 1 N–H and O–H groups in total. The van der Waals surface area contributed by atoms with Crippen LogP contribution >= 0.6 is 0 Å². The highest BCUT2D eigenvalue weighted by Gasteiger charge is 2.30. The van der Waals surface area contributed by atoms with Crippen molar-refractivity contribution in [1.29, 1.82) is 0 Å². The van der Waals surface area contributed by atoms with E-state index in [1.165, 1.54) is 4.90 Å². The zero-order chi connectivity index (χ0) is 17.2. The fourth-order valence-corrected chi connectivity index (χ4v) is 2.37. The van der Waals surface area contributed by atoms with E-state index in [0.29, 0.717) is 19.5 Å². The fraction of sp³-hybridized carbons (Fsp3) is 0.533. The Kier molecular flexibility index (Phi) is 4.72. The van der Waals surface area contributed by atoms with Crippen LogP contribution in [0.5, 0.6) is 0 Å². The lowest BCUT2D eigenvalue weighted by atomic mass is 10.2. The quantitative estimate of drug-likeness (QED) is 0.681. The summed E-state index contributed by atoms with van der Waals surface area (Å²) in [5.74, 6) is -0.555. The summed E-state index contributed by atoms with van der Waals surface area (Å²) in [5, 5.41) is 13.9. The number of rotatable bonds is 3. The summed E-state index contributed by atoms with van der Waals surface area (Å²) in [6.07, 6.45) is 0.183. The van der Waals surface area contributed by atoms with E-state index < -0.39 is 22.4 Å². The average molecular weight is 325 g/mol. The maximum Gasteiger partial charge on any atom is 0.410 e. The molecule has 8 heteroatoms. The van der Waals surface area contributed by atoms with Crippen LogP contribution in [0.1, 0.15) is 27.2 Å². The van der Waals surface area contributed by atoms with E-state index in [1.54, 1.807) is 20.8 Å². The lowest BCUT2D eigenvalue weighted by Gasteiger charge is -2.24. The summed E-state index contributed by atoms with van der Waals surface area (Å²) in [5.41, 5.74) is -0.655. The summed E-state index contributed by atoms with van der Waals surface area (Å²) in [4.78, 5) is 24.0. The molecule has 1 amide bonds. The number of carbonyl (C=O) groups excluding carboxylic acids is 1. The second kappa shape index (κ2) is 6.39. The molecule has 0 spiro atoms. The van der Waals surface area contributed by atoms with Crippen LogP contribution in [-0.2, 0) is 4.74 Å². The molecule has 1 aliphatic rings. The van der Waals surface area contributed by atoms with E-state index in [0.717, 1.165) is 18.2 Å². The first-order valence-electron chi connectivity index (χ1n) is 7.34. The normalized spacial score (nSPS) is 17.9. The van der Waals surface area contributed by atoms with Crippen molar-refractivity contribution in [3.05, 3.63) is 34.1 Å². The van der Waals surface area contributed by atoms with Crippen LogP contribution in [0, 0.1) is 15.9 Å². The van der Waals surface area contributed by atoms with Crippen molar-refractivity contribution < 1.29 is 18.8 Å². The Morgan fingerprint density at radius 3 is 2.78 bits per heavy atom. The maximum atomic E-state index is 13.3. The maximum absolute atomic E-state index is 13.3. The SMILES string of the molecule is CC(C)(C)OC(=O)N1CCC(Nc2cc(F)ccc2[N+](=O)[O-])C1. The molecule has 23 heavy (non-hydrogen) atoms. The van der Waals surface area contributed by atoms with Gasteiger partial charge in [-0.2, -0.15) is 0 Å².